The Morgan fingerprint density at radius 3 is 2.64 bits per heavy atom. The summed E-state index contributed by atoms with van der Waals surface area (Å²) in [5.41, 5.74) is -0.391. The van der Waals surface area contributed by atoms with Crippen molar-refractivity contribution in [1.29, 1.82) is 0 Å². The zero-order valence-corrected chi connectivity index (χ0v) is 7.46. The van der Waals surface area contributed by atoms with E-state index in [-0.39, 0.29) is 5.02 Å². The van der Waals surface area contributed by atoms with E-state index in [1.165, 1.54) is 12.1 Å². The Balaban J connectivity index is 3.15. The number of halogens is 3. The minimum absolute atomic E-state index is 0.162. The average molecular weight is 223 g/mol. The van der Waals surface area contributed by atoms with Crippen LogP contribution in [0.3, 0.4) is 0 Å². The van der Waals surface area contributed by atoms with E-state index in [1.54, 1.807) is 0 Å². The summed E-state index contributed by atoms with van der Waals surface area (Å²) in [5.74, 6) is -1.89. The Hall–Kier alpha value is -1.36. The number of carboxylic acid groups (broad SMARTS) is 1. The molecule has 0 fully saturated rings. The first-order valence-corrected chi connectivity index (χ1v) is 3.86. The molecule has 0 amide bonds. The fourth-order valence-corrected chi connectivity index (χ4v) is 1.11. The van der Waals surface area contributed by atoms with Gasteiger partial charge in [0.05, 0.1) is 5.02 Å². The number of hydrogen-bond acceptors (Lipinski definition) is 2. The number of ether oxygens (including phenoxy) is 1. The summed E-state index contributed by atoms with van der Waals surface area (Å²) in [4.78, 5) is 10.6. The second kappa shape index (κ2) is 4.23. The third-order valence-corrected chi connectivity index (χ3v) is 1.70. The van der Waals surface area contributed by atoms with Crippen molar-refractivity contribution >= 4 is 17.6 Å². The van der Waals surface area contributed by atoms with E-state index < -0.39 is 23.9 Å². The van der Waals surface area contributed by atoms with Gasteiger partial charge in [0, 0.05) is 0 Å². The molecule has 0 atom stereocenters. The van der Waals surface area contributed by atoms with Gasteiger partial charge in [-0.3, -0.25) is 0 Å². The lowest BCUT2D eigenvalue weighted by atomic mass is 10.2. The second-order valence-electron chi connectivity index (χ2n) is 2.30. The number of benzene rings is 1. The summed E-state index contributed by atoms with van der Waals surface area (Å²) in [6, 6.07) is 3.74. The van der Waals surface area contributed by atoms with Crippen molar-refractivity contribution in [2.24, 2.45) is 0 Å². The van der Waals surface area contributed by atoms with Gasteiger partial charge >= 0.3 is 12.6 Å². The summed E-state index contributed by atoms with van der Waals surface area (Å²) < 4.78 is 27.7. The number of carboxylic acids is 1. The molecule has 0 saturated heterocycles. The Morgan fingerprint density at radius 2 is 2.14 bits per heavy atom. The maximum absolute atomic E-state index is 11.9. The van der Waals surface area contributed by atoms with Crippen LogP contribution in [0.4, 0.5) is 8.78 Å². The van der Waals surface area contributed by atoms with Crippen LogP contribution in [0, 0.1) is 0 Å². The molecule has 0 aliphatic carbocycles. The van der Waals surface area contributed by atoms with Crippen molar-refractivity contribution in [3.05, 3.63) is 28.8 Å². The van der Waals surface area contributed by atoms with Crippen LogP contribution in [0.25, 0.3) is 0 Å². The Kier molecular flexibility index (Phi) is 3.24. The van der Waals surface area contributed by atoms with Gasteiger partial charge in [0.1, 0.15) is 5.56 Å². The largest absolute Gasteiger partial charge is 0.478 e. The quantitative estimate of drug-likeness (QED) is 0.855. The van der Waals surface area contributed by atoms with Gasteiger partial charge in [-0.25, -0.2) is 4.79 Å². The monoisotopic (exact) mass is 222 g/mol. The fraction of sp³-hybridized carbons (Fsp3) is 0.125. The molecular weight excluding hydrogens is 218 g/mol. The van der Waals surface area contributed by atoms with E-state index in [9.17, 15) is 13.6 Å². The molecule has 0 heterocycles. The molecule has 1 rings (SSSR count). The molecule has 14 heavy (non-hydrogen) atoms. The lowest BCUT2D eigenvalue weighted by Crippen LogP contribution is -2.08. The van der Waals surface area contributed by atoms with Crippen molar-refractivity contribution in [3.8, 4) is 5.75 Å². The third kappa shape index (κ3) is 2.32. The van der Waals surface area contributed by atoms with Crippen LogP contribution in [0.15, 0.2) is 18.2 Å². The molecule has 6 heteroatoms. The van der Waals surface area contributed by atoms with E-state index in [2.05, 4.69) is 4.74 Å². The van der Waals surface area contributed by atoms with Crippen molar-refractivity contribution in [2.45, 2.75) is 6.61 Å². The first kappa shape index (κ1) is 10.7. The molecule has 3 nitrogen and oxygen atoms in total. The second-order valence-corrected chi connectivity index (χ2v) is 2.71. The number of para-hydroxylation sites is 1. The summed E-state index contributed by atoms with van der Waals surface area (Å²) in [5, 5.41) is 8.46. The Labute approximate surface area is 82.9 Å². The van der Waals surface area contributed by atoms with Gasteiger partial charge in [-0.15, -0.1) is 0 Å². The number of aromatic carboxylic acids is 1. The molecule has 0 bridgehead atoms. The van der Waals surface area contributed by atoms with Crippen molar-refractivity contribution in [1.82, 2.24) is 0 Å². The summed E-state index contributed by atoms with van der Waals surface area (Å²) in [6.07, 6.45) is 0. The molecule has 0 radical (unpaired) electrons. The highest BCUT2D eigenvalue weighted by molar-refractivity contribution is 6.32. The molecule has 1 aromatic rings. The lowest BCUT2D eigenvalue weighted by molar-refractivity contribution is -0.0502. The molecule has 0 unspecified atom stereocenters. The van der Waals surface area contributed by atoms with Crippen LogP contribution >= 0.6 is 11.6 Å². The summed E-state index contributed by atoms with van der Waals surface area (Å²) in [6.45, 7) is -3.10. The predicted octanol–water partition coefficient (Wildman–Crippen LogP) is 2.64. The average Bonchev–Trinajstić information content (AvgIpc) is 2.07. The highest BCUT2D eigenvalue weighted by Gasteiger charge is 2.17. The lowest BCUT2D eigenvalue weighted by Gasteiger charge is -2.08. The van der Waals surface area contributed by atoms with Crippen LogP contribution in [-0.2, 0) is 0 Å². The molecule has 76 valence electrons. The molecule has 0 spiro atoms. The number of carbonyl (C=O) groups is 1. The number of hydrogen-bond donors (Lipinski definition) is 1. The van der Waals surface area contributed by atoms with Crippen LogP contribution in [0.1, 0.15) is 10.4 Å². The fourth-order valence-electron chi connectivity index (χ4n) is 0.886. The molecule has 0 aliphatic rings. The standard InChI is InChI=1S/C8H5ClF2O3/c9-5-3-1-2-4(7(12)13)6(5)14-8(10)11/h1-3,8H,(H,12,13). The van der Waals surface area contributed by atoms with E-state index in [0.29, 0.717) is 0 Å². The third-order valence-electron chi connectivity index (χ3n) is 1.40. The molecule has 0 aliphatic heterocycles. The maximum Gasteiger partial charge on any atom is 0.387 e. The molecule has 0 aromatic heterocycles. The van der Waals surface area contributed by atoms with Gasteiger partial charge in [-0.05, 0) is 12.1 Å². The Morgan fingerprint density at radius 1 is 1.50 bits per heavy atom. The van der Waals surface area contributed by atoms with E-state index in [4.69, 9.17) is 16.7 Å². The van der Waals surface area contributed by atoms with Gasteiger partial charge in [-0.1, -0.05) is 17.7 Å². The Bertz CT molecular complexity index is 354. The first-order valence-electron chi connectivity index (χ1n) is 3.49. The zero-order chi connectivity index (χ0) is 10.7. The van der Waals surface area contributed by atoms with E-state index >= 15 is 0 Å². The van der Waals surface area contributed by atoms with E-state index in [1.807, 2.05) is 0 Å². The number of alkyl halides is 2. The van der Waals surface area contributed by atoms with Gasteiger partial charge in [0.2, 0.25) is 0 Å². The van der Waals surface area contributed by atoms with Crippen molar-refractivity contribution in [2.75, 3.05) is 0 Å². The highest BCUT2D eigenvalue weighted by atomic mass is 35.5. The van der Waals surface area contributed by atoms with Gasteiger partial charge < -0.3 is 9.84 Å². The normalized spacial score (nSPS) is 10.3. The number of rotatable bonds is 3. The molecular formula is C8H5ClF2O3. The van der Waals surface area contributed by atoms with Gasteiger partial charge in [-0.2, -0.15) is 8.78 Å². The minimum Gasteiger partial charge on any atom is -0.478 e. The SMILES string of the molecule is O=C(O)c1cccc(Cl)c1OC(F)F. The molecule has 1 N–H and O–H groups in total. The highest BCUT2D eigenvalue weighted by Crippen LogP contribution is 2.29. The molecule has 1 aromatic carbocycles. The maximum atomic E-state index is 11.9. The van der Waals surface area contributed by atoms with Gasteiger partial charge in [0.25, 0.3) is 0 Å². The summed E-state index contributed by atoms with van der Waals surface area (Å²) in [7, 11) is 0. The topological polar surface area (TPSA) is 46.5 Å². The van der Waals surface area contributed by atoms with Crippen molar-refractivity contribution < 1.29 is 23.4 Å². The van der Waals surface area contributed by atoms with Gasteiger partial charge in [0.15, 0.2) is 5.75 Å². The van der Waals surface area contributed by atoms with Crippen LogP contribution in [0.5, 0.6) is 5.75 Å². The van der Waals surface area contributed by atoms with E-state index in [0.717, 1.165) is 6.07 Å². The van der Waals surface area contributed by atoms with Crippen molar-refractivity contribution in [3.63, 3.8) is 0 Å². The zero-order valence-electron chi connectivity index (χ0n) is 6.71. The van der Waals surface area contributed by atoms with Crippen LogP contribution in [-0.4, -0.2) is 17.7 Å². The summed E-state index contributed by atoms with van der Waals surface area (Å²) >= 11 is 5.50. The molecule has 0 saturated carbocycles. The van der Waals surface area contributed by atoms with Crippen LogP contribution in [0.2, 0.25) is 5.02 Å². The predicted molar refractivity (Wildman–Crippen MR) is 45.0 cm³/mol. The minimum atomic E-state index is -3.10. The van der Waals surface area contributed by atoms with Crippen LogP contribution < -0.4 is 4.74 Å². The first-order chi connectivity index (χ1) is 6.52. The smallest absolute Gasteiger partial charge is 0.387 e.